The fourth-order valence-electron chi connectivity index (χ4n) is 3.42. The van der Waals surface area contributed by atoms with Crippen LogP contribution < -0.4 is 15.0 Å². The summed E-state index contributed by atoms with van der Waals surface area (Å²) in [6.07, 6.45) is 5.44. The highest BCUT2D eigenvalue weighted by Crippen LogP contribution is 2.28. The maximum absolute atomic E-state index is 12.9. The van der Waals surface area contributed by atoms with Crippen molar-refractivity contribution < 1.29 is 9.53 Å². The van der Waals surface area contributed by atoms with Gasteiger partial charge < -0.3 is 9.64 Å². The lowest BCUT2D eigenvalue weighted by Gasteiger charge is -2.33. The first-order chi connectivity index (χ1) is 12.0. The fraction of sp³-hybridized carbons (Fsp3) is 0.474. The number of nitrogens with zero attached hydrogens (tertiary/aromatic N) is 3. The normalized spacial score (nSPS) is 19.1. The third-order valence-electron chi connectivity index (χ3n) is 4.74. The van der Waals surface area contributed by atoms with Crippen molar-refractivity contribution in [1.82, 2.24) is 15.1 Å². The summed E-state index contributed by atoms with van der Waals surface area (Å²) in [4.78, 5) is 14.7. The molecule has 1 aliphatic rings. The lowest BCUT2D eigenvalue weighted by Crippen LogP contribution is -2.51. The van der Waals surface area contributed by atoms with Gasteiger partial charge in [-0.2, -0.15) is 5.10 Å². The van der Waals surface area contributed by atoms with E-state index in [1.165, 1.54) is 5.56 Å². The van der Waals surface area contributed by atoms with Crippen LogP contribution in [-0.4, -0.2) is 35.4 Å². The number of benzene rings is 1. The molecule has 0 bridgehead atoms. The van der Waals surface area contributed by atoms with Gasteiger partial charge in [0.25, 0.3) is 0 Å². The molecular weight excluding hydrogens is 316 g/mol. The molecule has 6 heteroatoms. The number of amides is 1. The van der Waals surface area contributed by atoms with Gasteiger partial charge in [0.1, 0.15) is 5.75 Å². The van der Waals surface area contributed by atoms with E-state index in [1.54, 1.807) is 18.0 Å². The molecular formula is C19H26N4O2. The number of rotatable bonds is 5. The Morgan fingerprint density at radius 1 is 1.40 bits per heavy atom. The summed E-state index contributed by atoms with van der Waals surface area (Å²) in [5.74, 6) is 0.954. The number of aromatic nitrogens is 2. The van der Waals surface area contributed by atoms with E-state index < -0.39 is 0 Å². The molecule has 25 heavy (non-hydrogen) atoms. The van der Waals surface area contributed by atoms with Gasteiger partial charge in [-0.25, -0.2) is 0 Å². The zero-order chi connectivity index (χ0) is 18.0. The number of ether oxygens (including phenoxy) is 1. The molecule has 1 saturated heterocycles. The molecule has 2 heterocycles. The van der Waals surface area contributed by atoms with Crippen LogP contribution >= 0.6 is 0 Å². The van der Waals surface area contributed by atoms with Crippen LogP contribution in [0.2, 0.25) is 0 Å². The van der Waals surface area contributed by atoms with Crippen LogP contribution in [0.5, 0.6) is 5.75 Å². The van der Waals surface area contributed by atoms with Gasteiger partial charge in [-0.1, -0.05) is 17.7 Å². The van der Waals surface area contributed by atoms with Crippen molar-refractivity contribution in [2.24, 2.45) is 7.05 Å². The molecule has 0 unspecified atom stereocenters. The number of methoxy groups -OCH3 is 1. The highest BCUT2D eigenvalue weighted by molar-refractivity contribution is 5.97. The molecule has 2 atom stereocenters. The van der Waals surface area contributed by atoms with Crippen LogP contribution in [0.25, 0.3) is 0 Å². The lowest BCUT2D eigenvalue weighted by molar-refractivity contribution is -0.122. The monoisotopic (exact) mass is 342 g/mol. The van der Waals surface area contributed by atoms with Crippen LogP contribution in [0.1, 0.15) is 36.9 Å². The van der Waals surface area contributed by atoms with E-state index in [9.17, 15) is 4.79 Å². The molecule has 0 spiro atoms. The number of carbonyl (C=O) groups excluding carboxylic acids is 1. The summed E-state index contributed by atoms with van der Waals surface area (Å²) < 4.78 is 7.21. The number of carbonyl (C=O) groups is 1. The fourth-order valence-corrected chi connectivity index (χ4v) is 3.42. The first-order valence-electron chi connectivity index (χ1n) is 8.70. The largest absolute Gasteiger partial charge is 0.496 e. The van der Waals surface area contributed by atoms with Gasteiger partial charge in [-0.05, 0) is 32.8 Å². The minimum absolute atomic E-state index is 0.0256. The van der Waals surface area contributed by atoms with Gasteiger partial charge in [-0.3, -0.25) is 14.8 Å². The minimum atomic E-state index is -0.200. The minimum Gasteiger partial charge on any atom is -0.496 e. The summed E-state index contributed by atoms with van der Waals surface area (Å²) in [6, 6.07) is 5.95. The second-order valence-corrected chi connectivity index (χ2v) is 6.69. The molecule has 1 aromatic carbocycles. The van der Waals surface area contributed by atoms with E-state index in [2.05, 4.69) is 30.3 Å². The second kappa shape index (κ2) is 7.27. The Balaban J connectivity index is 1.76. The van der Waals surface area contributed by atoms with Crippen molar-refractivity contribution >= 4 is 11.6 Å². The second-order valence-electron chi connectivity index (χ2n) is 6.69. The summed E-state index contributed by atoms with van der Waals surface area (Å²) >= 11 is 0. The third-order valence-corrected chi connectivity index (χ3v) is 4.74. The summed E-state index contributed by atoms with van der Waals surface area (Å²) in [5, 5.41) is 7.67. The van der Waals surface area contributed by atoms with Crippen LogP contribution in [0, 0.1) is 6.92 Å². The molecule has 3 rings (SSSR count). The molecule has 1 amide bonds. The number of anilines is 1. The number of aryl methyl sites for hydroxylation is 2. The average Bonchev–Trinajstić information content (AvgIpc) is 3.03. The molecule has 1 aliphatic heterocycles. The molecule has 0 aliphatic carbocycles. The molecule has 1 fully saturated rings. The predicted molar refractivity (Wildman–Crippen MR) is 97.9 cm³/mol. The van der Waals surface area contributed by atoms with Gasteiger partial charge in [-0.15, -0.1) is 0 Å². The van der Waals surface area contributed by atoms with Crippen molar-refractivity contribution in [2.45, 2.75) is 38.8 Å². The average molecular weight is 342 g/mol. The van der Waals surface area contributed by atoms with Crippen molar-refractivity contribution in [1.29, 1.82) is 0 Å². The van der Waals surface area contributed by atoms with Gasteiger partial charge in [0, 0.05) is 31.4 Å². The predicted octanol–water partition coefficient (Wildman–Crippen LogP) is 2.58. The van der Waals surface area contributed by atoms with Gasteiger partial charge in [0.15, 0.2) is 0 Å². The Bertz CT molecular complexity index is 756. The van der Waals surface area contributed by atoms with Crippen LogP contribution in [-0.2, 0) is 11.8 Å². The van der Waals surface area contributed by atoms with E-state index in [4.69, 9.17) is 4.74 Å². The van der Waals surface area contributed by atoms with E-state index in [0.29, 0.717) is 0 Å². The standard InChI is InChI=1S/C19H26N4O2/c1-13-7-8-18(25-4)16(10-13)14(2)21-17-6-5-9-23(19(17)24)15-11-20-22(3)12-15/h7-8,10-12,14,17,21H,5-6,9H2,1-4H3/t14-,17+/m0/s1. The van der Waals surface area contributed by atoms with Crippen LogP contribution in [0.3, 0.4) is 0 Å². The van der Waals surface area contributed by atoms with E-state index in [-0.39, 0.29) is 18.0 Å². The molecule has 1 aromatic heterocycles. The Hall–Kier alpha value is -2.34. The number of nitrogens with one attached hydrogen (secondary N) is 1. The summed E-state index contributed by atoms with van der Waals surface area (Å²) in [5.41, 5.74) is 3.12. The smallest absolute Gasteiger partial charge is 0.244 e. The van der Waals surface area contributed by atoms with E-state index >= 15 is 0 Å². The number of hydrogen-bond donors (Lipinski definition) is 1. The first-order valence-corrected chi connectivity index (χ1v) is 8.70. The van der Waals surface area contributed by atoms with Crippen LogP contribution in [0.15, 0.2) is 30.6 Å². The first kappa shape index (κ1) is 17.5. The Morgan fingerprint density at radius 2 is 2.20 bits per heavy atom. The zero-order valence-corrected chi connectivity index (χ0v) is 15.3. The number of piperidine rings is 1. The van der Waals surface area contributed by atoms with Gasteiger partial charge in [0.05, 0.1) is 25.0 Å². The maximum Gasteiger partial charge on any atom is 0.244 e. The summed E-state index contributed by atoms with van der Waals surface area (Å²) in [6.45, 7) is 4.88. The Morgan fingerprint density at radius 3 is 2.88 bits per heavy atom. The summed E-state index contributed by atoms with van der Waals surface area (Å²) in [7, 11) is 3.54. The topological polar surface area (TPSA) is 59.4 Å². The van der Waals surface area contributed by atoms with E-state index in [0.717, 1.165) is 36.4 Å². The third kappa shape index (κ3) is 3.69. The number of hydrogen-bond acceptors (Lipinski definition) is 4. The molecule has 0 saturated carbocycles. The molecule has 2 aromatic rings. The SMILES string of the molecule is COc1ccc(C)cc1[C@H](C)N[C@@H]1CCCN(c2cnn(C)c2)C1=O. The zero-order valence-electron chi connectivity index (χ0n) is 15.3. The van der Waals surface area contributed by atoms with Crippen molar-refractivity contribution in [3.8, 4) is 5.75 Å². The molecule has 6 nitrogen and oxygen atoms in total. The molecule has 0 radical (unpaired) electrons. The quantitative estimate of drug-likeness (QED) is 0.907. The highest BCUT2D eigenvalue weighted by atomic mass is 16.5. The van der Waals surface area contributed by atoms with Crippen molar-refractivity contribution in [2.75, 3.05) is 18.6 Å². The van der Waals surface area contributed by atoms with Crippen molar-refractivity contribution in [3.63, 3.8) is 0 Å². The van der Waals surface area contributed by atoms with Gasteiger partial charge in [0.2, 0.25) is 5.91 Å². The Labute approximate surface area is 148 Å². The van der Waals surface area contributed by atoms with Crippen molar-refractivity contribution in [3.05, 3.63) is 41.7 Å². The van der Waals surface area contributed by atoms with Gasteiger partial charge >= 0.3 is 0 Å². The Kier molecular flexibility index (Phi) is 5.08. The molecule has 1 N–H and O–H groups in total. The van der Waals surface area contributed by atoms with E-state index in [1.807, 2.05) is 30.3 Å². The molecule has 134 valence electrons. The highest BCUT2D eigenvalue weighted by Gasteiger charge is 2.31. The van der Waals surface area contributed by atoms with Crippen LogP contribution in [0.4, 0.5) is 5.69 Å². The lowest BCUT2D eigenvalue weighted by atomic mass is 9.99. The maximum atomic E-state index is 12.9.